The molecule has 0 N–H and O–H groups in total. The summed E-state index contributed by atoms with van der Waals surface area (Å²) >= 11 is 12.1. The fraction of sp³-hybridized carbons (Fsp3) is 0.0800. The third kappa shape index (κ3) is 3.74. The first kappa shape index (κ1) is 19.0. The van der Waals surface area contributed by atoms with Gasteiger partial charge in [-0.25, -0.2) is 4.98 Å². The molecule has 2 heterocycles. The Kier molecular flexibility index (Phi) is 5.07. The highest BCUT2D eigenvalue weighted by atomic mass is 35.5. The summed E-state index contributed by atoms with van der Waals surface area (Å²) in [6.45, 7) is 0.464. The van der Waals surface area contributed by atoms with Gasteiger partial charge in [-0.1, -0.05) is 48.0 Å². The van der Waals surface area contributed by atoms with Crippen LogP contribution in [-0.4, -0.2) is 4.98 Å². The van der Waals surface area contributed by atoms with E-state index in [1.807, 2.05) is 78.9 Å². The minimum atomic E-state index is 0.464. The molecule has 0 amide bonds. The van der Waals surface area contributed by atoms with Gasteiger partial charge in [-0.2, -0.15) is 0 Å². The molecule has 0 fully saturated rings. The van der Waals surface area contributed by atoms with Gasteiger partial charge in [0.1, 0.15) is 23.6 Å². The number of pyridine rings is 1. The summed E-state index contributed by atoms with van der Waals surface area (Å²) in [5.74, 6) is 1.95. The Labute approximate surface area is 183 Å². The fourth-order valence-corrected chi connectivity index (χ4v) is 3.88. The summed E-state index contributed by atoms with van der Waals surface area (Å²) in [4.78, 5) is 4.70. The van der Waals surface area contributed by atoms with Crippen LogP contribution in [0.5, 0.6) is 5.75 Å². The standard InChI is InChI=1S/C25H17Cl2NO2/c26-14-17-3-1-2-4-18(17)15-29-21-8-10-24-19(11-21)12-25(30-24)22-9-6-16-5-7-20(27)13-23(16)28-22/h1-13H,14-15H2. The normalized spacial score (nSPS) is 11.3. The zero-order valence-corrected chi connectivity index (χ0v) is 17.5. The second-order valence-corrected chi connectivity index (χ2v) is 7.74. The first-order valence-corrected chi connectivity index (χ1v) is 10.5. The number of hydrogen-bond donors (Lipinski definition) is 0. The van der Waals surface area contributed by atoms with Crippen LogP contribution in [0.25, 0.3) is 33.3 Å². The Morgan fingerprint density at radius 1 is 0.833 bits per heavy atom. The third-order valence-electron chi connectivity index (χ3n) is 5.05. The van der Waals surface area contributed by atoms with Gasteiger partial charge in [0, 0.05) is 21.7 Å². The van der Waals surface area contributed by atoms with Crippen molar-refractivity contribution in [3.05, 3.63) is 95.0 Å². The van der Waals surface area contributed by atoms with Crippen LogP contribution in [0.3, 0.4) is 0 Å². The molecule has 0 aliphatic heterocycles. The van der Waals surface area contributed by atoms with Crippen molar-refractivity contribution < 1.29 is 9.15 Å². The highest BCUT2D eigenvalue weighted by molar-refractivity contribution is 6.31. The van der Waals surface area contributed by atoms with Crippen molar-refractivity contribution >= 4 is 45.1 Å². The molecule has 148 valence electrons. The molecule has 5 rings (SSSR count). The van der Waals surface area contributed by atoms with Crippen molar-refractivity contribution in [1.82, 2.24) is 4.98 Å². The van der Waals surface area contributed by atoms with E-state index >= 15 is 0 Å². The molecule has 30 heavy (non-hydrogen) atoms. The average Bonchev–Trinajstić information content (AvgIpc) is 3.21. The minimum Gasteiger partial charge on any atom is -0.489 e. The van der Waals surface area contributed by atoms with Gasteiger partial charge in [0.25, 0.3) is 0 Å². The number of nitrogens with zero attached hydrogens (tertiary/aromatic N) is 1. The molecule has 5 aromatic rings. The molecule has 0 atom stereocenters. The SMILES string of the molecule is ClCc1ccccc1COc1ccc2oc(-c3ccc4ccc(Cl)cc4n3)cc2c1. The van der Waals surface area contributed by atoms with Crippen LogP contribution in [0.1, 0.15) is 11.1 Å². The Morgan fingerprint density at radius 3 is 2.53 bits per heavy atom. The molecule has 3 aromatic carbocycles. The van der Waals surface area contributed by atoms with E-state index in [9.17, 15) is 0 Å². The van der Waals surface area contributed by atoms with Gasteiger partial charge in [0.05, 0.1) is 5.52 Å². The monoisotopic (exact) mass is 433 g/mol. The lowest BCUT2D eigenvalue weighted by Gasteiger charge is -2.09. The van der Waals surface area contributed by atoms with Crippen molar-refractivity contribution in [3.8, 4) is 17.2 Å². The summed E-state index contributed by atoms with van der Waals surface area (Å²) in [6, 6.07) is 25.4. The quantitative estimate of drug-likeness (QED) is 0.267. The van der Waals surface area contributed by atoms with Crippen molar-refractivity contribution in [3.63, 3.8) is 0 Å². The predicted molar refractivity (Wildman–Crippen MR) is 122 cm³/mol. The summed E-state index contributed by atoms with van der Waals surface area (Å²) in [6.07, 6.45) is 0. The van der Waals surface area contributed by atoms with Crippen LogP contribution >= 0.6 is 23.2 Å². The van der Waals surface area contributed by atoms with Crippen LogP contribution in [0, 0.1) is 0 Å². The van der Waals surface area contributed by atoms with Gasteiger partial charge in [-0.15, -0.1) is 11.6 Å². The number of benzene rings is 3. The summed E-state index contributed by atoms with van der Waals surface area (Å²) < 4.78 is 12.0. The lowest BCUT2D eigenvalue weighted by molar-refractivity contribution is 0.305. The third-order valence-corrected chi connectivity index (χ3v) is 5.57. The van der Waals surface area contributed by atoms with Crippen molar-refractivity contribution in [2.45, 2.75) is 12.5 Å². The molecule has 0 bridgehead atoms. The topological polar surface area (TPSA) is 35.3 Å². The molecular formula is C25H17Cl2NO2. The van der Waals surface area contributed by atoms with Crippen LogP contribution in [0.15, 0.2) is 83.3 Å². The lowest BCUT2D eigenvalue weighted by atomic mass is 10.1. The molecule has 3 nitrogen and oxygen atoms in total. The van der Waals surface area contributed by atoms with E-state index in [0.717, 1.165) is 44.4 Å². The highest BCUT2D eigenvalue weighted by Crippen LogP contribution is 2.31. The largest absolute Gasteiger partial charge is 0.489 e. The second-order valence-electron chi connectivity index (χ2n) is 7.03. The summed E-state index contributed by atoms with van der Waals surface area (Å²) in [5, 5.41) is 2.66. The predicted octanol–water partition coefficient (Wildman–Crippen LogP) is 7.62. The highest BCUT2D eigenvalue weighted by Gasteiger charge is 2.10. The van der Waals surface area contributed by atoms with E-state index < -0.39 is 0 Å². The van der Waals surface area contributed by atoms with Crippen LogP contribution in [0.4, 0.5) is 0 Å². The molecule has 0 unspecified atom stereocenters. The van der Waals surface area contributed by atoms with Gasteiger partial charge in [-0.05, 0) is 53.6 Å². The Hall–Kier alpha value is -3.01. The smallest absolute Gasteiger partial charge is 0.153 e. The number of alkyl halides is 1. The van der Waals surface area contributed by atoms with E-state index in [1.54, 1.807) is 0 Å². The van der Waals surface area contributed by atoms with Crippen molar-refractivity contribution in [2.75, 3.05) is 0 Å². The number of hydrogen-bond acceptors (Lipinski definition) is 3. The summed E-state index contributed by atoms with van der Waals surface area (Å²) in [7, 11) is 0. The van der Waals surface area contributed by atoms with E-state index in [4.69, 9.17) is 37.3 Å². The number of rotatable bonds is 5. The van der Waals surface area contributed by atoms with E-state index in [2.05, 4.69) is 0 Å². The Balaban J connectivity index is 1.42. The van der Waals surface area contributed by atoms with E-state index in [-0.39, 0.29) is 0 Å². The average molecular weight is 434 g/mol. The zero-order chi connectivity index (χ0) is 20.5. The molecule has 0 aliphatic rings. The van der Waals surface area contributed by atoms with Crippen molar-refractivity contribution in [2.24, 2.45) is 0 Å². The molecule has 0 spiro atoms. The van der Waals surface area contributed by atoms with Crippen molar-refractivity contribution in [1.29, 1.82) is 0 Å². The number of fused-ring (bicyclic) bond motifs is 2. The van der Waals surface area contributed by atoms with E-state index in [0.29, 0.717) is 23.3 Å². The lowest BCUT2D eigenvalue weighted by Crippen LogP contribution is -1.98. The van der Waals surface area contributed by atoms with Gasteiger partial charge >= 0.3 is 0 Å². The maximum absolute atomic E-state index is 6.11. The molecular weight excluding hydrogens is 417 g/mol. The maximum atomic E-state index is 6.11. The van der Waals surface area contributed by atoms with Crippen LogP contribution in [-0.2, 0) is 12.5 Å². The number of aromatic nitrogens is 1. The van der Waals surface area contributed by atoms with Gasteiger partial charge in [-0.3, -0.25) is 0 Å². The molecule has 0 saturated heterocycles. The first-order chi connectivity index (χ1) is 14.7. The van der Waals surface area contributed by atoms with Crippen LogP contribution in [0.2, 0.25) is 5.02 Å². The summed E-state index contributed by atoms with van der Waals surface area (Å²) in [5.41, 5.74) is 4.54. The van der Waals surface area contributed by atoms with Gasteiger partial charge in [0.2, 0.25) is 0 Å². The maximum Gasteiger partial charge on any atom is 0.153 e. The first-order valence-electron chi connectivity index (χ1n) is 9.55. The zero-order valence-electron chi connectivity index (χ0n) is 15.9. The number of halogens is 2. The molecule has 0 saturated carbocycles. The van der Waals surface area contributed by atoms with Crippen LogP contribution < -0.4 is 4.74 Å². The molecule has 0 radical (unpaired) electrons. The molecule has 2 aromatic heterocycles. The number of furan rings is 1. The minimum absolute atomic E-state index is 0.464. The Morgan fingerprint density at radius 2 is 1.67 bits per heavy atom. The molecule has 5 heteroatoms. The van der Waals surface area contributed by atoms with Gasteiger partial charge in [0.15, 0.2) is 5.76 Å². The van der Waals surface area contributed by atoms with E-state index in [1.165, 1.54) is 0 Å². The van der Waals surface area contributed by atoms with Gasteiger partial charge < -0.3 is 9.15 Å². The second kappa shape index (κ2) is 8.02. The molecule has 0 aliphatic carbocycles. The Bertz CT molecular complexity index is 1360. The number of ether oxygens (including phenoxy) is 1. The fourth-order valence-electron chi connectivity index (χ4n) is 3.45.